The summed E-state index contributed by atoms with van der Waals surface area (Å²) in [5.74, 6) is 3.89. The van der Waals surface area contributed by atoms with Crippen LogP contribution in [0.15, 0.2) is 48.8 Å². The van der Waals surface area contributed by atoms with Gasteiger partial charge in [-0.05, 0) is 14.0 Å². The fourth-order valence-electron chi connectivity index (χ4n) is 4.35. The van der Waals surface area contributed by atoms with Crippen molar-refractivity contribution in [2.75, 3.05) is 74.1 Å². The van der Waals surface area contributed by atoms with Crippen molar-refractivity contribution < 1.29 is 0 Å². The lowest BCUT2D eigenvalue weighted by molar-refractivity contribution is 0.312. The smallest absolute Gasteiger partial charge is 0.134 e. The van der Waals surface area contributed by atoms with E-state index in [1.165, 1.54) is 0 Å². The summed E-state index contributed by atoms with van der Waals surface area (Å²) in [6.45, 7) is 9.77. The molecule has 0 radical (unpaired) electrons. The molecule has 2 saturated heterocycles. The van der Waals surface area contributed by atoms with Crippen LogP contribution >= 0.6 is 0 Å². The van der Waals surface area contributed by atoms with Crippen LogP contribution < -0.4 is 14.7 Å². The first kappa shape index (κ1) is 20.6. The molecule has 4 heterocycles. The molecule has 0 saturated carbocycles. The summed E-state index contributed by atoms with van der Waals surface area (Å²) in [5, 5.41) is 0. The van der Waals surface area contributed by atoms with E-state index in [1.807, 2.05) is 25.1 Å². The molecular formula is C24H30N8. The van der Waals surface area contributed by atoms with E-state index in [1.54, 1.807) is 6.33 Å². The van der Waals surface area contributed by atoms with Gasteiger partial charge in [0.2, 0.25) is 0 Å². The third kappa shape index (κ3) is 4.50. The molecule has 0 amide bonds. The van der Waals surface area contributed by atoms with E-state index >= 15 is 0 Å². The van der Waals surface area contributed by atoms with Gasteiger partial charge in [0.05, 0.1) is 5.69 Å². The lowest BCUT2D eigenvalue weighted by atomic mass is 10.1. The molecule has 2 aliphatic heterocycles. The van der Waals surface area contributed by atoms with Crippen LogP contribution in [0.2, 0.25) is 0 Å². The zero-order valence-electron chi connectivity index (χ0n) is 18.9. The molecule has 8 heteroatoms. The Morgan fingerprint density at radius 1 is 0.656 bits per heavy atom. The highest BCUT2D eigenvalue weighted by Gasteiger charge is 2.22. The summed E-state index contributed by atoms with van der Waals surface area (Å²) >= 11 is 0. The quantitative estimate of drug-likeness (QED) is 0.625. The zero-order chi connectivity index (χ0) is 21.9. The number of likely N-dealkylation sites (N-methyl/N-ethyl adjacent to an activating group) is 1. The van der Waals surface area contributed by atoms with Gasteiger partial charge < -0.3 is 19.6 Å². The summed E-state index contributed by atoms with van der Waals surface area (Å²) in [4.78, 5) is 27.9. The molecule has 0 aliphatic carbocycles. The van der Waals surface area contributed by atoms with E-state index in [9.17, 15) is 0 Å². The van der Waals surface area contributed by atoms with Crippen LogP contribution in [-0.4, -0.2) is 84.2 Å². The SMILES string of the molecule is Cc1nc(N2CCN(C)CC2)cc(N2CCN(c3cc(-c4ccccc4)ncn3)CC2)n1. The van der Waals surface area contributed by atoms with Crippen molar-refractivity contribution in [1.29, 1.82) is 0 Å². The van der Waals surface area contributed by atoms with Crippen molar-refractivity contribution >= 4 is 17.5 Å². The molecule has 5 rings (SSSR count). The zero-order valence-corrected chi connectivity index (χ0v) is 18.9. The highest BCUT2D eigenvalue weighted by atomic mass is 15.3. The predicted molar refractivity (Wildman–Crippen MR) is 128 cm³/mol. The Labute approximate surface area is 189 Å². The summed E-state index contributed by atoms with van der Waals surface area (Å²) < 4.78 is 0. The maximum absolute atomic E-state index is 4.75. The third-order valence-electron chi connectivity index (χ3n) is 6.29. The van der Waals surface area contributed by atoms with Crippen LogP contribution in [0.3, 0.4) is 0 Å². The number of nitrogens with zero attached hydrogens (tertiary/aromatic N) is 8. The van der Waals surface area contributed by atoms with Gasteiger partial charge >= 0.3 is 0 Å². The van der Waals surface area contributed by atoms with Crippen molar-refractivity contribution in [2.45, 2.75) is 6.92 Å². The van der Waals surface area contributed by atoms with Crippen LogP contribution in [0.1, 0.15) is 5.82 Å². The number of hydrogen-bond donors (Lipinski definition) is 0. The molecule has 2 aliphatic rings. The van der Waals surface area contributed by atoms with E-state index in [2.05, 4.69) is 60.9 Å². The maximum Gasteiger partial charge on any atom is 0.134 e. The van der Waals surface area contributed by atoms with Crippen molar-refractivity contribution in [3.63, 3.8) is 0 Å². The molecule has 0 atom stereocenters. The maximum atomic E-state index is 4.75. The summed E-state index contributed by atoms with van der Waals surface area (Å²) in [6, 6.07) is 14.5. The molecule has 3 aromatic rings. The summed E-state index contributed by atoms with van der Waals surface area (Å²) in [5.41, 5.74) is 2.07. The highest BCUT2D eigenvalue weighted by molar-refractivity contribution is 5.62. The molecule has 0 N–H and O–H groups in total. The van der Waals surface area contributed by atoms with Crippen molar-refractivity contribution in [3.05, 3.63) is 54.6 Å². The monoisotopic (exact) mass is 430 g/mol. The number of anilines is 3. The molecular weight excluding hydrogens is 400 g/mol. The number of rotatable bonds is 4. The van der Waals surface area contributed by atoms with Gasteiger partial charge in [0.25, 0.3) is 0 Å². The van der Waals surface area contributed by atoms with E-state index in [-0.39, 0.29) is 0 Å². The fourth-order valence-corrected chi connectivity index (χ4v) is 4.35. The second kappa shape index (κ2) is 9.08. The largest absolute Gasteiger partial charge is 0.354 e. The predicted octanol–water partition coefficient (Wildman–Crippen LogP) is 2.32. The van der Waals surface area contributed by atoms with Crippen molar-refractivity contribution in [3.8, 4) is 11.3 Å². The summed E-state index contributed by atoms with van der Waals surface area (Å²) in [7, 11) is 2.17. The topological polar surface area (TPSA) is 64.5 Å². The van der Waals surface area contributed by atoms with E-state index in [4.69, 9.17) is 9.97 Å². The van der Waals surface area contributed by atoms with Gasteiger partial charge in [0.15, 0.2) is 0 Å². The first-order valence-corrected chi connectivity index (χ1v) is 11.3. The first-order chi connectivity index (χ1) is 15.7. The van der Waals surface area contributed by atoms with E-state index in [0.29, 0.717) is 0 Å². The van der Waals surface area contributed by atoms with Crippen LogP contribution in [0.4, 0.5) is 17.5 Å². The Morgan fingerprint density at radius 2 is 1.22 bits per heavy atom. The third-order valence-corrected chi connectivity index (χ3v) is 6.29. The van der Waals surface area contributed by atoms with Gasteiger partial charge in [-0.1, -0.05) is 30.3 Å². The van der Waals surface area contributed by atoms with Gasteiger partial charge in [0, 0.05) is 70.1 Å². The van der Waals surface area contributed by atoms with E-state index in [0.717, 1.165) is 86.9 Å². The Morgan fingerprint density at radius 3 is 1.84 bits per heavy atom. The number of hydrogen-bond acceptors (Lipinski definition) is 8. The van der Waals surface area contributed by atoms with Crippen LogP contribution in [-0.2, 0) is 0 Å². The molecule has 166 valence electrons. The lowest BCUT2D eigenvalue weighted by Gasteiger charge is -2.37. The summed E-state index contributed by atoms with van der Waals surface area (Å²) in [6.07, 6.45) is 1.67. The molecule has 32 heavy (non-hydrogen) atoms. The molecule has 2 aromatic heterocycles. The van der Waals surface area contributed by atoms with Crippen molar-refractivity contribution in [2.24, 2.45) is 0 Å². The van der Waals surface area contributed by atoms with Crippen LogP contribution in [0.5, 0.6) is 0 Å². The average Bonchev–Trinajstić information content (AvgIpc) is 2.85. The minimum absolute atomic E-state index is 0.835. The fraction of sp³-hybridized carbons (Fsp3) is 0.417. The van der Waals surface area contributed by atoms with Gasteiger partial charge in [0.1, 0.15) is 29.6 Å². The molecule has 0 bridgehead atoms. The Kier molecular flexibility index (Phi) is 5.85. The second-order valence-electron chi connectivity index (χ2n) is 8.52. The molecule has 1 aromatic carbocycles. The number of aryl methyl sites for hydroxylation is 1. The van der Waals surface area contributed by atoms with Gasteiger partial charge in [-0.2, -0.15) is 0 Å². The van der Waals surface area contributed by atoms with E-state index < -0.39 is 0 Å². The Hall–Kier alpha value is -3.26. The lowest BCUT2D eigenvalue weighted by Crippen LogP contribution is -2.47. The number of piperazine rings is 2. The molecule has 2 fully saturated rings. The van der Waals surface area contributed by atoms with Gasteiger partial charge in [-0.3, -0.25) is 0 Å². The van der Waals surface area contributed by atoms with Gasteiger partial charge in [-0.25, -0.2) is 19.9 Å². The molecule has 0 spiro atoms. The average molecular weight is 431 g/mol. The van der Waals surface area contributed by atoms with Crippen LogP contribution in [0, 0.1) is 6.92 Å². The minimum Gasteiger partial charge on any atom is -0.354 e. The Balaban J connectivity index is 1.27. The number of benzene rings is 1. The Bertz CT molecular complexity index is 1040. The minimum atomic E-state index is 0.835. The van der Waals surface area contributed by atoms with Crippen molar-refractivity contribution in [1.82, 2.24) is 24.8 Å². The molecule has 8 nitrogen and oxygen atoms in total. The molecule has 0 unspecified atom stereocenters. The normalized spacial score (nSPS) is 17.6. The standard InChI is InChI=1S/C24H30N8/c1-19-27-23(31-10-8-29(2)9-11-31)17-24(28-19)32-14-12-30(13-15-32)22-16-21(25-18-26-22)20-6-4-3-5-7-20/h3-7,16-18H,8-15H2,1-2H3. The highest BCUT2D eigenvalue weighted by Crippen LogP contribution is 2.24. The second-order valence-corrected chi connectivity index (χ2v) is 8.52. The first-order valence-electron chi connectivity index (χ1n) is 11.3. The number of aromatic nitrogens is 4. The van der Waals surface area contributed by atoms with Crippen LogP contribution in [0.25, 0.3) is 11.3 Å². The van der Waals surface area contributed by atoms with Gasteiger partial charge in [-0.15, -0.1) is 0 Å².